The van der Waals surface area contributed by atoms with Gasteiger partial charge in [0.15, 0.2) is 6.04 Å². The van der Waals surface area contributed by atoms with E-state index in [4.69, 9.17) is 0 Å². The number of nitrogens with zero attached hydrogens (tertiary/aromatic N) is 4. The second-order valence-electron chi connectivity index (χ2n) is 8.50. The second-order valence-corrected chi connectivity index (χ2v) is 8.50. The molecule has 1 fully saturated rings. The molecular weight excluding hydrogens is 396 g/mol. The van der Waals surface area contributed by atoms with Crippen molar-refractivity contribution in [2.24, 2.45) is 0 Å². The summed E-state index contributed by atoms with van der Waals surface area (Å²) in [6.07, 6.45) is 7.70. The van der Waals surface area contributed by atoms with E-state index in [0.717, 1.165) is 49.3 Å². The van der Waals surface area contributed by atoms with E-state index in [1.54, 1.807) is 0 Å². The highest BCUT2D eigenvalue weighted by atomic mass is 19.1. The van der Waals surface area contributed by atoms with Crippen molar-refractivity contribution in [1.82, 2.24) is 20.2 Å². The maximum Gasteiger partial charge on any atom is 0.214 e. The van der Waals surface area contributed by atoms with Gasteiger partial charge >= 0.3 is 0 Å². The maximum absolute atomic E-state index is 13.6. The summed E-state index contributed by atoms with van der Waals surface area (Å²) in [5.41, 5.74) is 3.32. The molecule has 0 bridgehead atoms. The summed E-state index contributed by atoms with van der Waals surface area (Å²) in [6, 6.07) is 13.7. The zero-order valence-electron chi connectivity index (χ0n) is 17.3. The molecule has 7 heteroatoms. The van der Waals surface area contributed by atoms with Crippen LogP contribution in [0.5, 0.6) is 0 Å². The zero-order valence-corrected chi connectivity index (χ0v) is 17.3. The number of hydrogen-bond donors (Lipinski definition) is 1. The van der Waals surface area contributed by atoms with Crippen LogP contribution < -0.4 is 4.90 Å². The SMILES string of the molecule is Fc1ccc(C2=CC[NH+]([C@@H](c3ccc(F)cc3)c3nnnn3C3CCCC3)CC2)cc1. The van der Waals surface area contributed by atoms with Crippen LogP contribution in [0.15, 0.2) is 54.6 Å². The van der Waals surface area contributed by atoms with Crippen molar-refractivity contribution in [3.05, 3.63) is 83.2 Å². The van der Waals surface area contributed by atoms with Crippen LogP contribution in [-0.4, -0.2) is 33.3 Å². The Bertz CT molecular complexity index is 1050. The van der Waals surface area contributed by atoms with Gasteiger partial charge in [-0.2, -0.15) is 0 Å². The maximum atomic E-state index is 13.6. The first-order chi connectivity index (χ1) is 15.2. The molecule has 0 saturated heterocycles. The Labute approximate surface area is 180 Å². The van der Waals surface area contributed by atoms with Crippen LogP contribution in [0.3, 0.4) is 0 Å². The largest absolute Gasteiger partial charge is 0.319 e. The molecule has 1 aliphatic carbocycles. The van der Waals surface area contributed by atoms with Crippen molar-refractivity contribution in [3.63, 3.8) is 0 Å². The number of aromatic nitrogens is 4. The van der Waals surface area contributed by atoms with Crippen LogP contribution in [0.4, 0.5) is 8.78 Å². The van der Waals surface area contributed by atoms with E-state index >= 15 is 0 Å². The molecule has 160 valence electrons. The van der Waals surface area contributed by atoms with Crippen molar-refractivity contribution < 1.29 is 13.7 Å². The number of nitrogens with one attached hydrogen (secondary N) is 1. The Morgan fingerprint density at radius 3 is 2.26 bits per heavy atom. The normalized spacial score (nSPS) is 20.6. The van der Waals surface area contributed by atoms with Crippen LogP contribution >= 0.6 is 0 Å². The Hall–Kier alpha value is -2.93. The van der Waals surface area contributed by atoms with Gasteiger partial charge in [-0.3, -0.25) is 0 Å². The number of hydrogen-bond acceptors (Lipinski definition) is 3. The fourth-order valence-electron chi connectivity index (χ4n) is 4.96. The first kappa shape index (κ1) is 20.0. The average Bonchev–Trinajstić information content (AvgIpc) is 3.48. The highest BCUT2D eigenvalue weighted by Crippen LogP contribution is 2.31. The minimum absolute atomic E-state index is 0.0674. The summed E-state index contributed by atoms with van der Waals surface area (Å²) in [6.45, 7) is 1.69. The van der Waals surface area contributed by atoms with Gasteiger partial charge < -0.3 is 4.90 Å². The van der Waals surface area contributed by atoms with E-state index in [-0.39, 0.29) is 17.7 Å². The van der Waals surface area contributed by atoms with E-state index in [2.05, 4.69) is 21.6 Å². The Balaban J connectivity index is 1.47. The van der Waals surface area contributed by atoms with Gasteiger partial charge in [-0.05, 0) is 76.9 Å². The highest BCUT2D eigenvalue weighted by Gasteiger charge is 2.35. The lowest BCUT2D eigenvalue weighted by molar-refractivity contribution is -0.921. The molecule has 5 nitrogen and oxygen atoms in total. The lowest BCUT2D eigenvalue weighted by Gasteiger charge is -2.31. The van der Waals surface area contributed by atoms with E-state index in [9.17, 15) is 8.78 Å². The average molecular weight is 423 g/mol. The van der Waals surface area contributed by atoms with E-state index < -0.39 is 0 Å². The molecule has 1 aliphatic heterocycles. The monoisotopic (exact) mass is 422 g/mol. The van der Waals surface area contributed by atoms with Gasteiger partial charge in [0, 0.05) is 12.0 Å². The van der Waals surface area contributed by atoms with Crippen molar-refractivity contribution in [2.75, 3.05) is 13.1 Å². The van der Waals surface area contributed by atoms with E-state index in [0.29, 0.717) is 6.04 Å². The molecule has 2 aliphatic rings. The Morgan fingerprint density at radius 2 is 1.61 bits per heavy atom. The summed E-state index contributed by atoms with van der Waals surface area (Å²) in [4.78, 5) is 1.33. The van der Waals surface area contributed by atoms with Crippen molar-refractivity contribution in [2.45, 2.75) is 44.2 Å². The molecule has 2 aromatic carbocycles. The van der Waals surface area contributed by atoms with Gasteiger partial charge in [0.05, 0.1) is 19.1 Å². The summed E-state index contributed by atoms with van der Waals surface area (Å²) < 4.78 is 28.9. The molecule has 0 amide bonds. The van der Waals surface area contributed by atoms with Crippen molar-refractivity contribution >= 4 is 5.57 Å². The van der Waals surface area contributed by atoms with Crippen LogP contribution in [-0.2, 0) is 0 Å². The third-order valence-corrected chi connectivity index (χ3v) is 6.60. The molecule has 0 spiro atoms. The van der Waals surface area contributed by atoms with E-state index in [1.165, 1.54) is 47.6 Å². The second kappa shape index (κ2) is 8.67. The fourth-order valence-corrected chi connectivity index (χ4v) is 4.96. The Kier molecular flexibility index (Phi) is 5.59. The first-order valence-electron chi connectivity index (χ1n) is 11.0. The topological polar surface area (TPSA) is 48.0 Å². The van der Waals surface area contributed by atoms with E-state index in [1.807, 2.05) is 28.9 Å². The minimum atomic E-state index is -0.245. The molecule has 31 heavy (non-hydrogen) atoms. The first-order valence-corrected chi connectivity index (χ1v) is 11.0. The highest BCUT2D eigenvalue weighted by molar-refractivity contribution is 5.66. The van der Waals surface area contributed by atoms with Crippen molar-refractivity contribution in [3.8, 4) is 0 Å². The molecule has 1 aromatic heterocycles. The Morgan fingerprint density at radius 1 is 0.935 bits per heavy atom. The lowest BCUT2D eigenvalue weighted by atomic mass is 9.96. The van der Waals surface area contributed by atoms with Gasteiger partial charge in [-0.25, -0.2) is 13.5 Å². The molecule has 1 saturated carbocycles. The smallest absolute Gasteiger partial charge is 0.214 e. The lowest BCUT2D eigenvalue weighted by Crippen LogP contribution is -3.13. The standard InChI is InChI=1S/C24H25F2N5/c25-20-9-5-17(6-10-20)18-13-15-30(16-14-18)23(19-7-11-21(26)12-8-19)24-27-28-29-31(24)22-3-1-2-4-22/h5-13,22-23H,1-4,14-16H2/p+1/t23-/m0/s1. The summed E-state index contributed by atoms with van der Waals surface area (Å²) >= 11 is 0. The molecule has 2 heterocycles. The molecule has 2 atom stereocenters. The molecule has 0 radical (unpaired) electrons. The number of tetrazole rings is 1. The quantitative estimate of drug-likeness (QED) is 0.684. The summed E-state index contributed by atoms with van der Waals surface area (Å²) in [5, 5.41) is 12.8. The van der Waals surface area contributed by atoms with Gasteiger partial charge in [0.25, 0.3) is 0 Å². The van der Waals surface area contributed by atoms with Crippen LogP contribution in [0.1, 0.15) is 61.1 Å². The number of rotatable bonds is 5. The van der Waals surface area contributed by atoms with Crippen LogP contribution in [0.2, 0.25) is 0 Å². The summed E-state index contributed by atoms with van der Waals surface area (Å²) in [5.74, 6) is 0.389. The van der Waals surface area contributed by atoms with Crippen LogP contribution in [0, 0.1) is 11.6 Å². The van der Waals surface area contributed by atoms with Crippen molar-refractivity contribution in [1.29, 1.82) is 0 Å². The molecule has 1 N–H and O–H groups in total. The van der Waals surface area contributed by atoms with Gasteiger partial charge in [-0.1, -0.05) is 25.0 Å². The molecule has 1 unspecified atom stereocenters. The third-order valence-electron chi connectivity index (χ3n) is 6.60. The van der Waals surface area contributed by atoms with Gasteiger partial charge in [0.1, 0.15) is 11.6 Å². The molecule has 5 rings (SSSR count). The molecular formula is C24H26F2N5+. The summed E-state index contributed by atoms with van der Waals surface area (Å²) in [7, 11) is 0. The zero-order chi connectivity index (χ0) is 21.2. The minimum Gasteiger partial charge on any atom is -0.319 e. The van der Waals surface area contributed by atoms with Gasteiger partial charge in [0.2, 0.25) is 5.82 Å². The third kappa shape index (κ3) is 4.14. The number of halogens is 2. The van der Waals surface area contributed by atoms with Gasteiger partial charge in [-0.15, -0.1) is 5.10 Å². The predicted octanol–water partition coefficient (Wildman–Crippen LogP) is 3.53. The van der Waals surface area contributed by atoms with Crippen LogP contribution in [0.25, 0.3) is 5.57 Å². The predicted molar refractivity (Wildman–Crippen MR) is 113 cm³/mol. The fraction of sp³-hybridized carbons (Fsp3) is 0.375. The molecule has 3 aromatic rings. The number of quaternary nitrogens is 1. The number of benzene rings is 2.